The molecule has 3 rings (SSSR count). The number of carbonyl (C=O) groups is 2. The Hall–Kier alpha value is -2.62. The largest absolute Gasteiger partial charge is 0.465 e. The SMILES string of the molecule is CCOC(=O)CN(CCOC)C(=O)c1ccc(Cl)c(S(=O)(=O)N2CCc3ccccc32)c1. The van der Waals surface area contributed by atoms with E-state index in [9.17, 15) is 18.0 Å². The van der Waals surface area contributed by atoms with Crippen LogP contribution in [0, 0.1) is 0 Å². The topological polar surface area (TPSA) is 93.2 Å². The van der Waals surface area contributed by atoms with E-state index in [0.29, 0.717) is 18.7 Å². The van der Waals surface area contributed by atoms with Crippen LogP contribution in [0.2, 0.25) is 5.02 Å². The van der Waals surface area contributed by atoms with Crippen LogP contribution in [0.4, 0.5) is 5.69 Å². The Kier molecular flexibility index (Phi) is 7.76. The maximum atomic E-state index is 13.4. The highest BCUT2D eigenvalue weighted by molar-refractivity contribution is 7.93. The summed E-state index contributed by atoms with van der Waals surface area (Å²) >= 11 is 6.25. The summed E-state index contributed by atoms with van der Waals surface area (Å²) in [6.07, 6.45) is 0.593. The van der Waals surface area contributed by atoms with Gasteiger partial charge < -0.3 is 14.4 Å². The number of para-hydroxylation sites is 1. The van der Waals surface area contributed by atoms with Crippen molar-refractivity contribution in [2.45, 2.75) is 18.2 Å². The fourth-order valence-electron chi connectivity index (χ4n) is 3.51. The van der Waals surface area contributed by atoms with Crippen LogP contribution in [0.15, 0.2) is 47.4 Å². The summed E-state index contributed by atoms with van der Waals surface area (Å²) in [4.78, 5) is 26.1. The summed E-state index contributed by atoms with van der Waals surface area (Å²) < 4.78 is 38.1. The van der Waals surface area contributed by atoms with Crippen molar-refractivity contribution in [2.75, 3.05) is 44.3 Å². The molecule has 0 bridgehead atoms. The van der Waals surface area contributed by atoms with E-state index in [2.05, 4.69) is 0 Å². The van der Waals surface area contributed by atoms with Gasteiger partial charge in [-0.3, -0.25) is 13.9 Å². The zero-order valence-electron chi connectivity index (χ0n) is 17.9. The molecule has 0 aliphatic carbocycles. The molecule has 0 radical (unpaired) electrons. The molecule has 10 heteroatoms. The number of methoxy groups -OCH3 is 1. The van der Waals surface area contributed by atoms with E-state index in [1.807, 2.05) is 12.1 Å². The summed E-state index contributed by atoms with van der Waals surface area (Å²) in [6, 6.07) is 11.3. The van der Waals surface area contributed by atoms with Crippen LogP contribution >= 0.6 is 11.6 Å². The zero-order chi connectivity index (χ0) is 23.3. The lowest BCUT2D eigenvalue weighted by Crippen LogP contribution is -2.39. The third-order valence-electron chi connectivity index (χ3n) is 5.07. The lowest BCUT2D eigenvalue weighted by atomic mass is 10.2. The van der Waals surface area contributed by atoms with E-state index in [1.54, 1.807) is 19.1 Å². The minimum Gasteiger partial charge on any atom is -0.465 e. The van der Waals surface area contributed by atoms with E-state index >= 15 is 0 Å². The van der Waals surface area contributed by atoms with Gasteiger partial charge in [0.25, 0.3) is 15.9 Å². The van der Waals surface area contributed by atoms with Gasteiger partial charge in [-0.1, -0.05) is 29.8 Å². The average molecular weight is 481 g/mol. The number of hydrogen-bond donors (Lipinski definition) is 0. The van der Waals surface area contributed by atoms with Crippen LogP contribution < -0.4 is 4.31 Å². The molecule has 1 aliphatic rings. The third-order valence-corrected chi connectivity index (χ3v) is 7.36. The molecule has 0 fully saturated rings. The van der Waals surface area contributed by atoms with Gasteiger partial charge in [-0.25, -0.2) is 8.42 Å². The molecule has 2 aromatic carbocycles. The molecule has 1 amide bonds. The van der Waals surface area contributed by atoms with Gasteiger partial charge in [0, 0.05) is 25.8 Å². The third kappa shape index (κ3) is 5.06. The number of nitrogens with zero attached hydrogens (tertiary/aromatic N) is 2. The van der Waals surface area contributed by atoms with Gasteiger partial charge in [0.1, 0.15) is 11.4 Å². The number of rotatable bonds is 9. The predicted molar refractivity (Wildman–Crippen MR) is 121 cm³/mol. The molecule has 0 N–H and O–H groups in total. The minimum atomic E-state index is -4.00. The van der Waals surface area contributed by atoms with Crippen LogP contribution in [0.3, 0.4) is 0 Å². The van der Waals surface area contributed by atoms with Gasteiger partial charge in [-0.2, -0.15) is 0 Å². The molecule has 0 atom stereocenters. The molecule has 1 heterocycles. The minimum absolute atomic E-state index is 0.0137. The van der Waals surface area contributed by atoms with E-state index in [1.165, 1.54) is 34.5 Å². The molecule has 32 heavy (non-hydrogen) atoms. The van der Waals surface area contributed by atoms with Crippen molar-refractivity contribution in [3.63, 3.8) is 0 Å². The first kappa shape index (κ1) is 24.0. The molecular weight excluding hydrogens is 456 g/mol. The smallest absolute Gasteiger partial charge is 0.325 e. The number of fused-ring (bicyclic) bond motifs is 1. The maximum absolute atomic E-state index is 13.4. The van der Waals surface area contributed by atoms with Crippen LogP contribution in [-0.2, 0) is 30.7 Å². The molecule has 0 aromatic heterocycles. The van der Waals surface area contributed by atoms with E-state index < -0.39 is 21.9 Å². The van der Waals surface area contributed by atoms with Crippen LogP contribution in [0.1, 0.15) is 22.8 Å². The summed E-state index contributed by atoms with van der Waals surface area (Å²) in [6.45, 7) is 2.21. The Morgan fingerprint density at radius 2 is 1.94 bits per heavy atom. The fourth-order valence-corrected chi connectivity index (χ4v) is 5.52. The van der Waals surface area contributed by atoms with E-state index in [-0.39, 0.29) is 41.8 Å². The van der Waals surface area contributed by atoms with Crippen molar-refractivity contribution < 1.29 is 27.5 Å². The fraction of sp³-hybridized carbons (Fsp3) is 0.364. The number of hydrogen-bond acceptors (Lipinski definition) is 6. The Labute approximate surface area is 192 Å². The second-order valence-corrected chi connectivity index (χ2v) is 9.36. The van der Waals surface area contributed by atoms with Gasteiger partial charge >= 0.3 is 5.97 Å². The second-order valence-electron chi connectivity index (χ2n) is 7.13. The van der Waals surface area contributed by atoms with Crippen molar-refractivity contribution in [3.8, 4) is 0 Å². The lowest BCUT2D eigenvalue weighted by Gasteiger charge is -2.23. The van der Waals surface area contributed by atoms with Gasteiger partial charge in [-0.05, 0) is 43.2 Å². The van der Waals surface area contributed by atoms with Crippen molar-refractivity contribution in [3.05, 3.63) is 58.6 Å². The first-order valence-corrected chi connectivity index (χ1v) is 12.0. The molecule has 8 nitrogen and oxygen atoms in total. The number of anilines is 1. The number of amides is 1. The highest BCUT2D eigenvalue weighted by Crippen LogP contribution is 2.35. The van der Waals surface area contributed by atoms with Gasteiger partial charge in [0.15, 0.2) is 0 Å². The predicted octanol–water partition coefficient (Wildman–Crippen LogP) is 2.74. The van der Waals surface area contributed by atoms with E-state index in [0.717, 1.165) is 5.56 Å². The van der Waals surface area contributed by atoms with Crippen LogP contribution in [-0.4, -0.2) is 65.2 Å². The maximum Gasteiger partial charge on any atom is 0.325 e. The Balaban J connectivity index is 1.93. The number of benzene rings is 2. The normalized spacial score (nSPS) is 13.0. The molecule has 1 aliphatic heterocycles. The highest BCUT2D eigenvalue weighted by Gasteiger charge is 2.33. The number of esters is 1. The molecule has 2 aromatic rings. The quantitative estimate of drug-likeness (QED) is 0.512. The number of ether oxygens (including phenoxy) is 2. The summed E-state index contributed by atoms with van der Waals surface area (Å²) in [5.41, 5.74) is 1.63. The number of halogens is 1. The lowest BCUT2D eigenvalue weighted by molar-refractivity contribution is -0.143. The summed E-state index contributed by atoms with van der Waals surface area (Å²) in [5, 5.41) is 0.0137. The van der Waals surface area contributed by atoms with E-state index in [4.69, 9.17) is 21.1 Å². The summed E-state index contributed by atoms with van der Waals surface area (Å²) in [7, 11) is -2.52. The Morgan fingerprint density at radius 3 is 2.66 bits per heavy atom. The summed E-state index contributed by atoms with van der Waals surface area (Å²) in [5.74, 6) is -1.09. The van der Waals surface area contributed by atoms with Crippen molar-refractivity contribution >= 4 is 39.2 Å². The Morgan fingerprint density at radius 1 is 1.19 bits per heavy atom. The monoisotopic (exact) mass is 480 g/mol. The van der Waals surface area contributed by atoms with Gasteiger partial charge in [0.2, 0.25) is 0 Å². The van der Waals surface area contributed by atoms with Crippen LogP contribution in [0.5, 0.6) is 0 Å². The first-order chi connectivity index (χ1) is 15.3. The second kappa shape index (κ2) is 10.3. The standard InChI is InChI=1S/C22H25ClN2O6S/c1-3-31-21(26)15-24(12-13-30-2)22(27)17-8-9-18(23)20(14-17)32(28,29)25-11-10-16-6-4-5-7-19(16)25/h4-9,14H,3,10-13,15H2,1-2H3. The molecule has 172 valence electrons. The van der Waals surface area contributed by atoms with Crippen LogP contribution in [0.25, 0.3) is 0 Å². The zero-order valence-corrected chi connectivity index (χ0v) is 19.5. The Bertz CT molecular complexity index is 1110. The molecule has 0 spiro atoms. The number of carbonyl (C=O) groups excluding carboxylic acids is 2. The number of sulfonamides is 1. The molecular formula is C22H25ClN2O6S. The molecule has 0 saturated heterocycles. The average Bonchev–Trinajstić information content (AvgIpc) is 3.21. The molecule has 0 unspecified atom stereocenters. The van der Waals surface area contributed by atoms with Crippen molar-refractivity contribution in [1.82, 2.24) is 4.90 Å². The first-order valence-electron chi connectivity index (χ1n) is 10.1. The van der Waals surface area contributed by atoms with Gasteiger partial charge in [-0.15, -0.1) is 0 Å². The van der Waals surface area contributed by atoms with Crippen molar-refractivity contribution in [2.24, 2.45) is 0 Å². The van der Waals surface area contributed by atoms with Gasteiger partial charge in [0.05, 0.1) is 23.9 Å². The molecule has 0 saturated carbocycles. The van der Waals surface area contributed by atoms with Crippen molar-refractivity contribution in [1.29, 1.82) is 0 Å². The highest BCUT2D eigenvalue weighted by atomic mass is 35.5.